The van der Waals surface area contributed by atoms with E-state index in [-0.39, 0.29) is 35.1 Å². The van der Waals surface area contributed by atoms with Crippen LogP contribution in [0.25, 0.3) is 0 Å². The molecule has 0 radical (unpaired) electrons. The van der Waals surface area contributed by atoms with Gasteiger partial charge in [0, 0.05) is 42.8 Å². The van der Waals surface area contributed by atoms with Gasteiger partial charge in [-0.2, -0.15) is 0 Å². The van der Waals surface area contributed by atoms with Gasteiger partial charge in [0.25, 0.3) is 0 Å². The normalized spacial score (nSPS) is 20.1. The van der Waals surface area contributed by atoms with E-state index in [9.17, 15) is 8.42 Å². The smallest absolute Gasteiger partial charge is 0.191 e. The highest BCUT2D eigenvalue weighted by Gasteiger charge is 2.45. The van der Waals surface area contributed by atoms with Crippen LogP contribution in [-0.4, -0.2) is 59.3 Å². The van der Waals surface area contributed by atoms with Gasteiger partial charge in [-0.25, -0.2) is 13.4 Å². The van der Waals surface area contributed by atoms with Crippen molar-refractivity contribution in [3.05, 3.63) is 29.3 Å². The monoisotopic (exact) mass is 565 g/mol. The Morgan fingerprint density at radius 2 is 2.10 bits per heavy atom. The van der Waals surface area contributed by atoms with Crippen LogP contribution in [0, 0.1) is 18.3 Å². The minimum atomic E-state index is -2.98. The summed E-state index contributed by atoms with van der Waals surface area (Å²) in [4.78, 5) is 4.72. The first-order valence-electron chi connectivity index (χ1n) is 10.8. The summed E-state index contributed by atoms with van der Waals surface area (Å²) in [5.74, 6) is 2.25. The Labute approximate surface area is 203 Å². The maximum atomic E-state index is 11.7. The second-order valence-corrected chi connectivity index (χ2v) is 10.9. The number of hydrogen-bond donors (Lipinski definition) is 2. The van der Waals surface area contributed by atoms with Gasteiger partial charge in [-0.05, 0) is 44.7 Å². The van der Waals surface area contributed by atoms with E-state index in [0.29, 0.717) is 31.6 Å². The number of sulfone groups is 1. The van der Waals surface area contributed by atoms with Crippen LogP contribution in [0.5, 0.6) is 5.75 Å². The zero-order valence-electron chi connectivity index (χ0n) is 18.8. The molecule has 1 unspecified atom stereocenters. The minimum Gasteiger partial charge on any atom is -0.493 e. The molecular formula is C22H36IN3O4S. The molecule has 176 valence electrons. The van der Waals surface area contributed by atoms with Gasteiger partial charge in [0.15, 0.2) is 5.96 Å². The number of benzene rings is 1. The van der Waals surface area contributed by atoms with Crippen LogP contribution in [0.15, 0.2) is 23.2 Å². The number of hydrogen-bond acceptors (Lipinski definition) is 5. The van der Waals surface area contributed by atoms with Gasteiger partial charge in [-0.1, -0.05) is 12.1 Å². The lowest BCUT2D eigenvalue weighted by Gasteiger charge is -2.18. The number of ether oxygens (including phenoxy) is 2. The molecule has 1 saturated heterocycles. The van der Waals surface area contributed by atoms with Gasteiger partial charge < -0.3 is 20.1 Å². The third-order valence-electron chi connectivity index (χ3n) is 5.63. The van der Waals surface area contributed by atoms with Crippen LogP contribution in [0.3, 0.4) is 0 Å². The maximum Gasteiger partial charge on any atom is 0.191 e. The van der Waals surface area contributed by atoms with Crippen molar-refractivity contribution in [2.75, 3.05) is 44.9 Å². The number of nitrogens with zero attached hydrogens (tertiary/aromatic N) is 1. The summed E-state index contributed by atoms with van der Waals surface area (Å²) >= 11 is 0. The average molecular weight is 566 g/mol. The van der Waals surface area contributed by atoms with Crippen LogP contribution < -0.4 is 15.4 Å². The van der Waals surface area contributed by atoms with Crippen LogP contribution >= 0.6 is 24.0 Å². The first kappa shape index (κ1) is 26.2. The van der Waals surface area contributed by atoms with E-state index in [4.69, 9.17) is 14.5 Å². The number of guanidine groups is 1. The predicted molar refractivity (Wildman–Crippen MR) is 135 cm³/mol. The molecule has 9 heteroatoms. The number of aliphatic imine (C=N–C) groups is 1. The van der Waals surface area contributed by atoms with E-state index >= 15 is 0 Å². The second kappa shape index (κ2) is 11.7. The topological polar surface area (TPSA) is 89.0 Å². The fourth-order valence-electron chi connectivity index (χ4n) is 3.73. The summed E-state index contributed by atoms with van der Waals surface area (Å²) in [6.45, 7) is 8.17. The molecular weight excluding hydrogens is 529 g/mol. The predicted octanol–water partition coefficient (Wildman–Crippen LogP) is 2.91. The summed E-state index contributed by atoms with van der Waals surface area (Å²) < 4.78 is 34.9. The van der Waals surface area contributed by atoms with Gasteiger partial charge in [-0.15, -0.1) is 24.0 Å². The van der Waals surface area contributed by atoms with Gasteiger partial charge >= 0.3 is 0 Å². The number of rotatable bonds is 10. The highest BCUT2D eigenvalue weighted by atomic mass is 127. The lowest BCUT2D eigenvalue weighted by molar-refractivity contribution is 0.166. The van der Waals surface area contributed by atoms with Crippen LogP contribution in [0.1, 0.15) is 37.3 Å². The zero-order valence-corrected chi connectivity index (χ0v) is 21.9. The van der Waals surface area contributed by atoms with Gasteiger partial charge in [0.2, 0.25) is 0 Å². The molecule has 1 aromatic rings. The molecule has 1 aliphatic heterocycles. The number of halogens is 1. The summed E-state index contributed by atoms with van der Waals surface area (Å²) in [5, 5.41) is 6.60. The van der Waals surface area contributed by atoms with Crippen LogP contribution in [-0.2, 0) is 21.1 Å². The third-order valence-corrected chi connectivity index (χ3v) is 6.77. The first-order valence-corrected chi connectivity index (χ1v) is 12.8. The average Bonchev–Trinajstić information content (AvgIpc) is 3.22. The lowest BCUT2D eigenvalue weighted by atomic mass is 10.1. The second-order valence-electron chi connectivity index (χ2n) is 8.77. The fourth-order valence-corrected chi connectivity index (χ4v) is 5.23. The van der Waals surface area contributed by atoms with Crippen molar-refractivity contribution in [2.24, 2.45) is 16.3 Å². The van der Waals surface area contributed by atoms with Crippen molar-refractivity contribution < 1.29 is 17.9 Å². The van der Waals surface area contributed by atoms with Crippen molar-refractivity contribution in [3.63, 3.8) is 0 Å². The molecule has 0 spiro atoms. The molecule has 0 amide bonds. The molecule has 1 aliphatic carbocycles. The van der Waals surface area contributed by atoms with E-state index in [1.165, 1.54) is 6.26 Å². The summed E-state index contributed by atoms with van der Waals surface area (Å²) in [7, 11) is -2.98. The third kappa shape index (κ3) is 8.76. The van der Waals surface area contributed by atoms with E-state index in [1.54, 1.807) is 0 Å². The SMILES string of the molecule is CCNC(=NCc1ccc(C)cc1OCC1CCOC1)NCC1(CS(C)(=O)=O)CC1.I. The van der Waals surface area contributed by atoms with E-state index in [2.05, 4.69) is 35.8 Å². The van der Waals surface area contributed by atoms with Crippen LogP contribution in [0.2, 0.25) is 0 Å². The Morgan fingerprint density at radius 1 is 1.32 bits per heavy atom. The molecule has 1 atom stereocenters. The Bertz CT molecular complexity index is 850. The van der Waals surface area contributed by atoms with E-state index in [1.807, 2.05) is 6.92 Å². The minimum absolute atomic E-state index is 0. The molecule has 3 rings (SSSR count). The quantitative estimate of drug-likeness (QED) is 0.258. The fraction of sp³-hybridized carbons (Fsp3) is 0.682. The molecule has 2 fully saturated rings. The Balaban J connectivity index is 0.00000341. The van der Waals surface area contributed by atoms with E-state index in [0.717, 1.165) is 55.9 Å². The zero-order chi connectivity index (χ0) is 21.6. The molecule has 31 heavy (non-hydrogen) atoms. The summed E-state index contributed by atoms with van der Waals surface area (Å²) in [6, 6.07) is 6.20. The van der Waals surface area contributed by atoms with E-state index < -0.39 is 9.84 Å². The number of aryl methyl sites for hydroxylation is 1. The molecule has 0 bridgehead atoms. The summed E-state index contributed by atoms with van der Waals surface area (Å²) in [6.07, 6.45) is 4.23. The van der Waals surface area contributed by atoms with Gasteiger partial charge in [-0.3, -0.25) is 0 Å². The van der Waals surface area contributed by atoms with Crippen molar-refractivity contribution in [1.82, 2.24) is 10.6 Å². The Hall–Kier alpha value is -1.07. The van der Waals surface area contributed by atoms with Crippen molar-refractivity contribution >= 4 is 39.8 Å². The standard InChI is InChI=1S/C22H35N3O4S.HI/c1-4-23-21(25-15-22(8-9-22)16-30(3,26)27)24-12-19-6-5-17(2)11-20(19)29-14-18-7-10-28-13-18;/h5-6,11,18H,4,7-10,12-16H2,1-3H3,(H2,23,24,25);1H. The molecule has 2 N–H and O–H groups in total. The van der Waals surface area contributed by atoms with Crippen molar-refractivity contribution in [1.29, 1.82) is 0 Å². The van der Waals surface area contributed by atoms with Gasteiger partial charge in [0.05, 0.1) is 25.5 Å². The number of nitrogens with one attached hydrogen (secondary N) is 2. The molecule has 1 heterocycles. The Kier molecular flexibility index (Phi) is 9.88. The summed E-state index contributed by atoms with van der Waals surface area (Å²) in [5.41, 5.74) is 2.04. The molecule has 1 saturated carbocycles. The highest BCUT2D eigenvalue weighted by Crippen LogP contribution is 2.46. The molecule has 1 aromatic carbocycles. The largest absolute Gasteiger partial charge is 0.493 e. The maximum absolute atomic E-state index is 11.7. The lowest BCUT2D eigenvalue weighted by Crippen LogP contribution is -2.41. The molecule has 0 aromatic heterocycles. The first-order chi connectivity index (χ1) is 14.3. The molecule has 7 nitrogen and oxygen atoms in total. The Morgan fingerprint density at radius 3 is 2.71 bits per heavy atom. The van der Waals surface area contributed by atoms with Gasteiger partial charge in [0.1, 0.15) is 15.6 Å². The van der Waals surface area contributed by atoms with Crippen molar-refractivity contribution in [3.8, 4) is 5.75 Å². The van der Waals surface area contributed by atoms with Crippen molar-refractivity contribution in [2.45, 2.75) is 39.7 Å². The van der Waals surface area contributed by atoms with Crippen LogP contribution in [0.4, 0.5) is 0 Å². The highest BCUT2D eigenvalue weighted by molar-refractivity contribution is 14.0. The molecule has 2 aliphatic rings.